The minimum Gasteiger partial charge on any atom is -0.492 e. The monoisotopic (exact) mass is 345 g/mol. The minimum atomic E-state index is -0.473. The summed E-state index contributed by atoms with van der Waals surface area (Å²) < 4.78 is 7.14. The van der Waals surface area contributed by atoms with Gasteiger partial charge in [-0.2, -0.15) is 5.10 Å². The highest BCUT2D eigenvalue weighted by Gasteiger charge is 2.33. The first-order chi connectivity index (χ1) is 12.0. The van der Waals surface area contributed by atoms with E-state index in [0.717, 1.165) is 5.69 Å². The summed E-state index contributed by atoms with van der Waals surface area (Å²) in [5.74, 6) is 0.391. The third-order valence-corrected chi connectivity index (χ3v) is 4.01. The molecule has 2 heterocycles. The molecule has 0 saturated carbocycles. The van der Waals surface area contributed by atoms with Crippen molar-refractivity contribution in [2.24, 2.45) is 7.05 Å². The van der Waals surface area contributed by atoms with Crippen molar-refractivity contribution in [2.75, 3.05) is 23.4 Å². The van der Waals surface area contributed by atoms with E-state index in [1.807, 2.05) is 6.92 Å². The summed E-state index contributed by atoms with van der Waals surface area (Å²) in [6, 6.07) is 3.85. The third kappa shape index (κ3) is 3.39. The van der Waals surface area contributed by atoms with E-state index in [0.29, 0.717) is 31.0 Å². The molecule has 9 nitrogen and oxygen atoms in total. The van der Waals surface area contributed by atoms with Gasteiger partial charge in [0.15, 0.2) is 0 Å². The van der Waals surface area contributed by atoms with E-state index in [4.69, 9.17) is 4.74 Å². The second kappa shape index (κ2) is 6.80. The maximum atomic E-state index is 12.7. The van der Waals surface area contributed by atoms with Crippen LogP contribution in [0.3, 0.4) is 0 Å². The van der Waals surface area contributed by atoms with Crippen LogP contribution in [0.2, 0.25) is 0 Å². The van der Waals surface area contributed by atoms with E-state index in [-0.39, 0.29) is 11.6 Å². The number of nitrogens with one attached hydrogen (secondary N) is 1. The maximum absolute atomic E-state index is 12.7. The Bertz CT molecular complexity index is 804. The Morgan fingerprint density at radius 3 is 2.92 bits per heavy atom. The zero-order chi connectivity index (χ0) is 18.0. The van der Waals surface area contributed by atoms with Crippen LogP contribution in [0.4, 0.5) is 17.1 Å². The highest BCUT2D eigenvalue weighted by molar-refractivity contribution is 6.01. The van der Waals surface area contributed by atoms with Gasteiger partial charge < -0.3 is 15.0 Å². The van der Waals surface area contributed by atoms with Crippen LogP contribution in [0.25, 0.3) is 0 Å². The van der Waals surface area contributed by atoms with Crippen LogP contribution in [-0.4, -0.2) is 39.8 Å². The van der Waals surface area contributed by atoms with Crippen molar-refractivity contribution >= 4 is 23.0 Å². The number of carbonyl (C=O) groups excluding carboxylic acids is 1. The molecule has 1 fully saturated rings. The van der Waals surface area contributed by atoms with Crippen LogP contribution in [0.5, 0.6) is 5.75 Å². The lowest BCUT2D eigenvalue weighted by Gasteiger charge is -2.17. The average Bonchev–Trinajstić information content (AvgIpc) is 3.15. The molecular weight excluding hydrogens is 326 g/mol. The number of hydrogen-bond acceptors (Lipinski definition) is 6. The summed E-state index contributed by atoms with van der Waals surface area (Å²) in [4.78, 5) is 24.9. The number of benzene rings is 1. The number of carbonyl (C=O) groups is 1. The molecule has 132 valence electrons. The van der Waals surface area contributed by atoms with Crippen molar-refractivity contribution in [1.82, 2.24) is 9.78 Å². The molecule has 1 amide bonds. The minimum absolute atomic E-state index is 0.0551. The van der Waals surface area contributed by atoms with Crippen molar-refractivity contribution in [3.63, 3.8) is 0 Å². The van der Waals surface area contributed by atoms with Crippen molar-refractivity contribution in [3.8, 4) is 5.75 Å². The smallest absolute Gasteiger partial charge is 0.271 e. The first kappa shape index (κ1) is 16.7. The molecule has 0 bridgehead atoms. The number of amides is 1. The Morgan fingerprint density at radius 1 is 1.48 bits per heavy atom. The summed E-state index contributed by atoms with van der Waals surface area (Å²) in [6.07, 6.45) is 4.00. The molecule has 0 spiro atoms. The molecule has 1 saturated heterocycles. The van der Waals surface area contributed by atoms with E-state index >= 15 is 0 Å². The van der Waals surface area contributed by atoms with E-state index in [1.54, 1.807) is 35.1 Å². The van der Waals surface area contributed by atoms with Gasteiger partial charge in [0.25, 0.3) is 5.69 Å². The van der Waals surface area contributed by atoms with Gasteiger partial charge >= 0.3 is 0 Å². The Kier molecular flexibility index (Phi) is 4.55. The van der Waals surface area contributed by atoms with Gasteiger partial charge in [0.05, 0.1) is 29.1 Å². The van der Waals surface area contributed by atoms with Gasteiger partial charge in [-0.15, -0.1) is 0 Å². The summed E-state index contributed by atoms with van der Waals surface area (Å²) >= 11 is 0. The lowest BCUT2D eigenvalue weighted by atomic mass is 10.2. The van der Waals surface area contributed by atoms with Gasteiger partial charge in [-0.3, -0.25) is 19.6 Å². The van der Waals surface area contributed by atoms with Gasteiger partial charge in [-0.25, -0.2) is 0 Å². The second-order valence-corrected chi connectivity index (χ2v) is 5.72. The molecular formula is C16H19N5O4. The lowest BCUT2D eigenvalue weighted by Crippen LogP contribution is -2.33. The predicted octanol–water partition coefficient (Wildman–Crippen LogP) is 1.94. The fourth-order valence-electron chi connectivity index (χ4n) is 2.83. The molecule has 1 aromatic heterocycles. The van der Waals surface area contributed by atoms with E-state index < -0.39 is 11.0 Å². The Balaban J connectivity index is 1.81. The molecule has 1 N–H and O–H groups in total. The standard InChI is InChI=1S/C16H19N5O4/c1-3-25-15-5-4-11(21(23)24)8-14(15)18-13-6-7-20(16(13)22)12-9-17-19(2)10-12/h4-5,8-10,13,18H,3,6-7H2,1-2H3/t13-/m1/s1. The number of non-ortho nitro benzene ring substituents is 1. The molecule has 1 aliphatic heterocycles. The van der Waals surface area contributed by atoms with Crippen LogP contribution >= 0.6 is 0 Å². The third-order valence-electron chi connectivity index (χ3n) is 4.01. The number of aryl methyl sites for hydroxylation is 1. The Morgan fingerprint density at radius 2 is 2.28 bits per heavy atom. The SMILES string of the molecule is CCOc1ccc([N+](=O)[O-])cc1N[C@@H]1CCN(c2cnn(C)c2)C1=O. The molecule has 0 aliphatic carbocycles. The molecule has 0 unspecified atom stereocenters. The van der Waals surface area contributed by atoms with Gasteiger partial charge in [0.2, 0.25) is 5.91 Å². The number of rotatable bonds is 6. The van der Waals surface area contributed by atoms with Crippen LogP contribution in [-0.2, 0) is 11.8 Å². The highest BCUT2D eigenvalue weighted by Crippen LogP contribution is 2.32. The number of nitro groups is 1. The fraction of sp³-hybridized carbons (Fsp3) is 0.375. The largest absolute Gasteiger partial charge is 0.492 e. The van der Waals surface area contributed by atoms with Crippen LogP contribution in [0, 0.1) is 10.1 Å². The van der Waals surface area contributed by atoms with Gasteiger partial charge in [0, 0.05) is 31.9 Å². The Labute approximate surface area is 144 Å². The molecule has 1 aliphatic rings. The quantitative estimate of drug-likeness (QED) is 0.634. The van der Waals surface area contributed by atoms with Crippen LogP contribution < -0.4 is 15.0 Å². The van der Waals surface area contributed by atoms with Crippen molar-refractivity contribution in [3.05, 3.63) is 40.7 Å². The first-order valence-electron chi connectivity index (χ1n) is 7.97. The number of hydrogen-bond donors (Lipinski definition) is 1. The normalized spacial score (nSPS) is 17.0. The zero-order valence-electron chi connectivity index (χ0n) is 14.0. The molecule has 1 aromatic carbocycles. The van der Waals surface area contributed by atoms with Crippen molar-refractivity contribution in [2.45, 2.75) is 19.4 Å². The summed E-state index contributed by atoms with van der Waals surface area (Å²) in [5, 5.41) is 18.2. The molecule has 0 radical (unpaired) electrons. The molecule has 9 heteroatoms. The summed E-state index contributed by atoms with van der Waals surface area (Å²) in [7, 11) is 1.79. The predicted molar refractivity (Wildman–Crippen MR) is 91.9 cm³/mol. The molecule has 1 atom stereocenters. The van der Waals surface area contributed by atoms with E-state index in [1.165, 1.54) is 12.1 Å². The van der Waals surface area contributed by atoms with Crippen LogP contribution in [0.1, 0.15) is 13.3 Å². The van der Waals surface area contributed by atoms with Gasteiger partial charge in [-0.05, 0) is 19.4 Å². The number of nitrogens with zero attached hydrogens (tertiary/aromatic N) is 4. The van der Waals surface area contributed by atoms with Gasteiger partial charge in [-0.1, -0.05) is 0 Å². The second-order valence-electron chi connectivity index (χ2n) is 5.72. The first-order valence-corrected chi connectivity index (χ1v) is 7.97. The summed E-state index contributed by atoms with van der Waals surface area (Å²) in [5.41, 5.74) is 1.13. The molecule has 2 aromatic rings. The number of ether oxygens (including phenoxy) is 1. The maximum Gasteiger partial charge on any atom is 0.271 e. The summed E-state index contributed by atoms with van der Waals surface area (Å²) in [6.45, 7) is 2.81. The van der Waals surface area contributed by atoms with Crippen molar-refractivity contribution in [1.29, 1.82) is 0 Å². The Hall–Kier alpha value is -3.10. The zero-order valence-corrected chi connectivity index (χ0v) is 14.0. The lowest BCUT2D eigenvalue weighted by molar-refractivity contribution is -0.384. The van der Waals surface area contributed by atoms with E-state index in [2.05, 4.69) is 10.4 Å². The molecule has 3 rings (SSSR count). The number of anilines is 2. The van der Waals surface area contributed by atoms with Gasteiger partial charge in [0.1, 0.15) is 11.8 Å². The number of aromatic nitrogens is 2. The topological polar surface area (TPSA) is 103 Å². The fourth-order valence-corrected chi connectivity index (χ4v) is 2.83. The highest BCUT2D eigenvalue weighted by atomic mass is 16.6. The molecule has 25 heavy (non-hydrogen) atoms. The average molecular weight is 345 g/mol. The van der Waals surface area contributed by atoms with Crippen LogP contribution in [0.15, 0.2) is 30.6 Å². The van der Waals surface area contributed by atoms with E-state index in [9.17, 15) is 14.9 Å². The number of nitro benzene ring substituents is 1. The van der Waals surface area contributed by atoms with Crippen molar-refractivity contribution < 1.29 is 14.5 Å².